The minimum absolute atomic E-state index is 0.0748. The predicted molar refractivity (Wildman–Crippen MR) is 202 cm³/mol. The molecule has 0 aromatic carbocycles. The van der Waals surface area contributed by atoms with Crippen LogP contribution in [0.15, 0.2) is 0 Å². The molecule has 1 heterocycles. The van der Waals surface area contributed by atoms with Crippen LogP contribution in [-0.4, -0.2) is 112 Å². The molecule has 7 N–H and O–H groups in total. The Morgan fingerprint density at radius 2 is 1.10 bits per heavy atom. The van der Waals surface area contributed by atoms with Gasteiger partial charge in [-0.2, -0.15) is 0 Å². The Morgan fingerprint density at radius 3 is 1.50 bits per heavy atom. The van der Waals surface area contributed by atoms with Crippen molar-refractivity contribution in [1.29, 1.82) is 0 Å². The number of rotatable bonds is 22. The summed E-state index contributed by atoms with van der Waals surface area (Å²) in [5, 5.41) is 71.2. The SMILES string of the molecule is CC(O)[C@@H](C)[C@@H](C)[C@H](C)O.CCC(C)CC(O)CC(O)CC1CC(CC(O)CC(C)C)[O][Al]([O]C[C@H](C)[C@@H](C)[C@@H](C)C(C)(O)[C@@H](C)[C@H](C)O)[O]1. The maximum absolute atomic E-state index is 11.2. The smallest absolute Gasteiger partial charge is 0.454 e. The van der Waals surface area contributed by atoms with E-state index < -0.39 is 45.2 Å². The molecule has 0 aliphatic carbocycles. The van der Waals surface area contributed by atoms with E-state index in [1.807, 2.05) is 27.7 Å². The molecule has 0 amide bonds. The third kappa shape index (κ3) is 18.9. The fraction of sp³-hybridized carbons (Fsp3) is 1.00. The molecule has 1 aliphatic rings. The van der Waals surface area contributed by atoms with E-state index in [0.29, 0.717) is 57.0 Å². The summed E-state index contributed by atoms with van der Waals surface area (Å²) in [6.45, 7) is 27.8. The van der Waals surface area contributed by atoms with E-state index in [1.54, 1.807) is 27.7 Å². The largest absolute Gasteiger partial charge is 0.906 e. The Balaban J connectivity index is 0.00000207. The first-order chi connectivity index (χ1) is 22.9. The van der Waals surface area contributed by atoms with E-state index in [1.165, 1.54) is 0 Å². The third-order valence-corrected chi connectivity index (χ3v) is 13.6. The van der Waals surface area contributed by atoms with E-state index in [-0.39, 0.29) is 59.9 Å². The maximum atomic E-state index is 11.2. The summed E-state index contributed by atoms with van der Waals surface area (Å²) in [6, 6.07) is 0. The van der Waals surface area contributed by atoms with Crippen molar-refractivity contribution in [2.24, 2.45) is 47.3 Å². The summed E-state index contributed by atoms with van der Waals surface area (Å²) in [5.74, 6) is 0.989. The van der Waals surface area contributed by atoms with Crippen LogP contribution in [0.2, 0.25) is 0 Å². The fourth-order valence-electron chi connectivity index (χ4n) is 6.71. The lowest BCUT2D eigenvalue weighted by molar-refractivity contribution is -0.104. The van der Waals surface area contributed by atoms with Gasteiger partial charge >= 0.3 is 15.1 Å². The Hall–Kier alpha value is 0.132. The second kappa shape index (κ2) is 24.5. The van der Waals surface area contributed by atoms with Crippen molar-refractivity contribution in [1.82, 2.24) is 0 Å². The van der Waals surface area contributed by atoms with Gasteiger partial charge in [-0.25, -0.2) is 0 Å². The number of aliphatic hydroxyl groups excluding tert-OH is 6. The molecule has 0 saturated carbocycles. The summed E-state index contributed by atoms with van der Waals surface area (Å²) >= 11 is -2.55. The molecule has 0 spiro atoms. The summed E-state index contributed by atoms with van der Waals surface area (Å²) in [5.41, 5.74) is -1.03. The number of aliphatic hydroxyl groups is 7. The molecule has 0 aromatic heterocycles. The van der Waals surface area contributed by atoms with E-state index in [0.717, 1.165) is 6.42 Å². The summed E-state index contributed by atoms with van der Waals surface area (Å²) in [4.78, 5) is 0. The molecule has 0 radical (unpaired) electrons. The fourth-order valence-corrected chi connectivity index (χ4v) is 8.46. The molecule has 1 saturated heterocycles. The lowest BCUT2D eigenvalue weighted by atomic mass is 9.70. The standard InChI is InChI=1S/C18H36O5.C13H27O3.C8H18O2.Al/c1-5-13(4)7-15(20)9-17(22)11-18(23)10-16(21)8-14(19)6-12(2)3;1-8(7-14)9(2)10(3)13(6,16)11(4)12(5)15;1-5(7(3)9)6(2)8(4)10;/h12-20,22H,5-11H2,1-4H3;8-12,15-16H,7H2,1-6H3;5-10H,1-4H3;/q-2;-1;;+3/t;8-,9+,10+,11-,12-,13?;5-,6+,7+,8?;/m.01./s1. The molecule has 1 aliphatic heterocycles. The monoisotopic (exact) mass is 737 g/mol. The van der Waals surface area contributed by atoms with Crippen LogP contribution in [0.5, 0.6) is 0 Å². The third-order valence-electron chi connectivity index (χ3n) is 12.0. The van der Waals surface area contributed by atoms with Crippen molar-refractivity contribution in [3.8, 4) is 0 Å². The van der Waals surface area contributed by atoms with Crippen molar-refractivity contribution < 1.29 is 47.1 Å². The van der Waals surface area contributed by atoms with E-state index in [9.17, 15) is 25.5 Å². The molecular formula is C39H81AlO10. The van der Waals surface area contributed by atoms with Crippen molar-refractivity contribution in [3.63, 3.8) is 0 Å². The van der Waals surface area contributed by atoms with Gasteiger partial charge in [-0.15, -0.1) is 0 Å². The second-order valence-electron chi connectivity index (χ2n) is 17.0. The van der Waals surface area contributed by atoms with Gasteiger partial charge in [-0.05, 0) is 108 Å². The van der Waals surface area contributed by atoms with Crippen molar-refractivity contribution in [2.75, 3.05) is 6.61 Å². The Bertz CT molecular complexity index is 847. The molecule has 16 atom stereocenters. The van der Waals surface area contributed by atoms with Gasteiger partial charge in [0.2, 0.25) is 0 Å². The average molecular weight is 737 g/mol. The zero-order valence-electron chi connectivity index (χ0n) is 34.3. The van der Waals surface area contributed by atoms with Crippen LogP contribution in [0.3, 0.4) is 0 Å². The van der Waals surface area contributed by atoms with Crippen molar-refractivity contribution >= 4 is 15.1 Å². The lowest BCUT2D eigenvalue weighted by Crippen LogP contribution is -2.48. The molecular weight excluding hydrogens is 655 g/mol. The predicted octanol–water partition coefficient (Wildman–Crippen LogP) is 5.59. The minimum atomic E-state index is -2.55. The molecule has 8 unspecified atom stereocenters. The van der Waals surface area contributed by atoms with Crippen LogP contribution >= 0.6 is 0 Å². The molecule has 11 heteroatoms. The molecule has 50 heavy (non-hydrogen) atoms. The van der Waals surface area contributed by atoms with Crippen LogP contribution in [0.1, 0.15) is 142 Å². The summed E-state index contributed by atoms with van der Waals surface area (Å²) in [7, 11) is 0. The highest BCUT2D eigenvalue weighted by Gasteiger charge is 2.45. The highest BCUT2D eigenvalue weighted by Crippen LogP contribution is 2.36. The molecule has 10 nitrogen and oxygen atoms in total. The first kappa shape index (κ1) is 50.1. The van der Waals surface area contributed by atoms with E-state index >= 15 is 0 Å². The molecule has 0 aromatic rings. The van der Waals surface area contributed by atoms with Gasteiger partial charge < -0.3 is 47.1 Å². The van der Waals surface area contributed by atoms with Crippen LogP contribution in [-0.2, 0) is 11.4 Å². The Kier molecular flexibility index (Phi) is 24.6. The van der Waals surface area contributed by atoms with Gasteiger partial charge in [-0.3, -0.25) is 0 Å². The normalized spacial score (nSPS) is 26.2. The maximum Gasteiger partial charge on any atom is 0.906 e. The molecule has 1 fully saturated rings. The topological polar surface area (TPSA) is 169 Å². The summed E-state index contributed by atoms with van der Waals surface area (Å²) < 4.78 is 18.7. The second-order valence-corrected chi connectivity index (χ2v) is 18.5. The summed E-state index contributed by atoms with van der Waals surface area (Å²) in [6.07, 6.45) is 0.706. The molecule has 1 rings (SSSR count). The Morgan fingerprint density at radius 1 is 0.640 bits per heavy atom. The first-order valence-corrected chi connectivity index (χ1v) is 21.1. The first-order valence-electron chi connectivity index (χ1n) is 19.7. The van der Waals surface area contributed by atoms with Crippen molar-refractivity contribution in [3.05, 3.63) is 0 Å². The van der Waals surface area contributed by atoms with Crippen LogP contribution in [0.4, 0.5) is 0 Å². The van der Waals surface area contributed by atoms with E-state index in [4.69, 9.17) is 21.6 Å². The van der Waals surface area contributed by atoms with Crippen LogP contribution in [0, 0.1) is 47.3 Å². The van der Waals surface area contributed by atoms with Gasteiger partial charge in [0.05, 0.1) is 42.2 Å². The van der Waals surface area contributed by atoms with Gasteiger partial charge in [-0.1, -0.05) is 75.7 Å². The average Bonchev–Trinajstić information content (AvgIpc) is 3.00. The Labute approximate surface area is 311 Å². The molecule has 0 bridgehead atoms. The van der Waals surface area contributed by atoms with E-state index in [2.05, 4.69) is 41.5 Å². The molecule has 300 valence electrons. The number of hydrogen-bond acceptors (Lipinski definition) is 10. The zero-order valence-corrected chi connectivity index (χ0v) is 35.5. The minimum Gasteiger partial charge on any atom is -0.454 e. The van der Waals surface area contributed by atoms with Crippen LogP contribution < -0.4 is 0 Å². The highest BCUT2D eigenvalue weighted by molar-refractivity contribution is 6.36. The van der Waals surface area contributed by atoms with Crippen molar-refractivity contribution in [2.45, 2.75) is 196 Å². The van der Waals surface area contributed by atoms with Gasteiger partial charge in [0.1, 0.15) is 0 Å². The van der Waals surface area contributed by atoms with Gasteiger partial charge in [0, 0.05) is 24.7 Å². The lowest BCUT2D eigenvalue weighted by Gasteiger charge is -2.42. The zero-order chi connectivity index (χ0) is 39.1. The van der Waals surface area contributed by atoms with Gasteiger partial charge in [0.25, 0.3) is 0 Å². The highest BCUT2D eigenvalue weighted by atomic mass is 27.3. The number of hydrogen-bond donors (Lipinski definition) is 7. The van der Waals surface area contributed by atoms with Crippen LogP contribution in [0.25, 0.3) is 0 Å². The van der Waals surface area contributed by atoms with Gasteiger partial charge in [0.15, 0.2) is 0 Å². The quantitative estimate of drug-likeness (QED) is 0.0696.